The van der Waals surface area contributed by atoms with Crippen LogP contribution in [0.3, 0.4) is 0 Å². The number of aromatic nitrogens is 1. The van der Waals surface area contributed by atoms with Gasteiger partial charge in [-0.25, -0.2) is 4.98 Å². The van der Waals surface area contributed by atoms with Crippen molar-refractivity contribution in [1.82, 2.24) is 10.3 Å². The molecule has 0 aliphatic carbocycles. The molecule has 0 fully saturated rings. The van der Waals surface area contributed by atoms with Crippen molar-refractivity contribution in [3.8, 4) is 0 Å². The highest BCUT2D eigenvalue weighted by Gasteiger charge is 2.01. The van der Waals surface area contributed by atoms with Gasteiger partial charge >= 0.3 is 0 Å². The molecule has 0 amide bonds. The lowest BCUT2D eigenvalue weighted by atomic mass is 10.1. The lowest BCUT2D eigenvalue weighted by molar-refractivity contribution is 0.697. The Morgan fingerprint density at radius 1 is 1.41 bits per heavy atom. The van der Waals surface area contributed by atoms with E-state index >= 15 is 0 Å². The standard InChI is InChI=1S/C12H14BrN3S/c1-8-4-10(13)3-2-9(8)5-15-6-11-7-16-12(14)17-11/h2-4,7,15H,5-6H2,1H3,(H2,14,16). The molecule has 0 saturated heterocycles. The van der Waals surface area contributed by atoms with Crippen LogP contribution in [0, 0.1) is 6.92 Å². The summed E-state index contributed by atoms with van der Waals surface area (Å²) in [5.74, 6) is 0. The molecule has 2 rings (SSSR count). The Balaban J connectivity index is 1.90. The van der Waals surface area contributed by atoms with E-state index in [1.165, 1.54) is 22.5 Å². The molecule has 1 aromatic heterocycles. The number of anilines is 1. The molecule has 0 atom stereocenters. The zero-order valence-corrected chi connectivity index (χ0v) is 11.9. The number of nitrogens with zero attached hydrogens (tertiary/aromatic N) is 1. The van der Waals surface area contributed by atoms with Gasteiger partial charge in [0.05, 0.1) is 0 Å². The molecule has 0 spiro atoms. The third-order valence-corrected chi connectivity index (χ3v) is 3.81. The quantitative estimate of drug-likeness (QED) is 0.912. The van der Waals surface area contributed by atoms with Crippen LogP contribution >= 0.6 is 27.3 Å². The van der Waals surface area contributed by atoms with E-state index in [1.54, 1.807) is 0 Å². The molecule has 0 unspecified atom stereocenters. The second kappa shape index (κ2) is 5.62. The maximum absolute atomic E-state index is 5.58. The van der Waals surface area contributed by atoms with E-state index in [-0.39, 0.29) is 0 Å². The third kappa shape index (κ3) is 3.52. The third-order valence-electron chi connectivity index (χ3n) is 2.49. The zero-order valence-electron chi connectivity index (χ0n) is 9.53. The highest BCUT2D eigenvalue weighted by atomic mass is 79.9. The molecule has 0 aliphatic rings. The van der Waals surface area contributed by atoms with Crippen LogP contribution in [-0.4, -0.2) is 4.98 Å². The number of hydrogen-bond acceptors (Lipinski definition) is 4. The van der Waals surface area contributed by atoms with E-state index in [2.05, 4.69) is 51.4 Å². The molecule has 90 valence electrons. The molecule has 0 aliphatic heterocycles. The molecule has 0 radical (unpaired) electrons. The van der Waals surface area contributed by atoms with Gasteiger partial charge in [-0.2, -0.15) is 0 Å². The number of hydrogen-bond donors (Lipinski definition) is 2. The van der Waals surface area contributed by atoms with E-state index in [4.69, 9.17) is 5.73 Å². The average molecular weight is 312 g/mol. The van der Waals surface area contributed by atoms with Crippen molar-refractivity contribution in [3.63, 3.8) is 0 Å². The molecular formula is C12H14BrN3S. The molecule has 0 saturated carbocycles. The number of benzene rings is 1. The SMILES string of the molecule is Cc1cc(Br)ccc1CNCc1cnc(N)s1. The van der Waals surface area contributed by atoms with Gasteiger partial charge in [0.25, 0.3) is 0 Å². The molecule has 17 heavy (non-hydrogen) atoms. The highest BCUT2D eigenvalue weighted by Crippen LogP contribution is 2.17. The number of nitrogens with one attached hydrogen (secondary N) is 1. The minimum Gasteiger partial charge on any atom is -0.375 e. The fourth-order valence-corrected chi connectivity index (χ4v) is 2.71. The molecular weight excluding hydrogens is 298 g/mol. The fraction of sp³-hybridized carbons (Fsp3) is 0.250. The second-order valence-corrected chi connectivity index (χ2v) is 5.90. The Morgan fingerprint density at radius 2 is 2.24 bits per heavy atom. The molecule has 5 heteroatoms. The summed E-state index contributed by atoms with van der Waals surface area (Å²) < 4.78 is 1.12. The first-order valence-electron chi connectivity index (χ1n) is 5.31. The van der Waals surface area contributed by atoms with Gasteiger partial charge < -0.3 is 11.1 Å². The van der Waals surface area contributed by atoms with Gasteiger partial charge in [-0.05, 0) is 30.2 Å². The average Bonchev–Trinajstić information content (AvgIpc) is 2.68. The topological polar surface area (TPSA) is 50.9 Å². The minimum absolute atomic E-state index is 0.627. The van der Waals surface area contributed by atoms with Gasteiger partial charge in [0.15, 0.2) is 5.13 Å². The monoisotopic (exact) mass is 311 g/mol. The van der Waals surface area contributed by atoms with Crippen LogP contribution in [0.25, 0.3) is 0 Å². The number of thiazole rings is 1. The van der Waals surface area contributed by atoms with Gasteiger partial charge in [0.1, 0.15) is 0 Å². The van der Waals surface area contributed by atoms with E-state index in [0.717, 1.165) is 22.4 Å². The summed E-state index contributed by atoms with van der Waals surface area (Å²) in [5, 5.41) is 4.02. The Kier molecular flexibility index (Phi) is 4.15. The predicted molar refractivity (Wildman–Crippen MR) is 75.9 cm³/mol. The van der Waals surface area contributed by atoms with Crippen molar-refractivity contribution in [2.75, 3.05) is 5.73 Å². The van der Waals surface area contributed by atoms with Crippen molar-refractivity contribution >= 4 is 32.4 Å². The van der Waals surface area contributed by atoms with Crippen LogP contribution < -0.4 is 11.1 Å². The Labute approximate surface area is 113 Å². The van der Waals surface area contributed by atoms with Crippen molar-refractivity contribution in [2.45, 2.75) is 20.0 Å². The number of rotatable bonds is 4. The van der Waals surface area contributed by atoms with Crippen LogP contribution in [-0.2, 0) is 13.1 Å². The summed E-state index contributed by atoms with van der Waals surface area (Å²) in [6.45, 7) is 3.79. The number of nitrogens with two attached hydrogens (primary N) is 1. The van der Waals surface area contributed by atoms with Crippen molar-refractivity contribution in [2.24, 2.45) is 0 Å². The van der Waals surface area contributed by atoms with Crippen LogP contribution in [0.15, 0.2) is 28.9 Å². The summed E-state index contributed by atoms with van der Waals surface area (Å²) in [7, 11) is 0. The zero-order chi connectivity index (χ0) is 12.3. The van der Waals surface area contributed by atoms with Gasteiger partial charge in [0.2, 0.25) is 0 Å². The maximum atomic E-state index is 5.58. The summed E-state index contributed by atoms with van der Waals surface area (Å²) >= 11 is 4.99. The number of aryl methyl sites for hydroxylation is 1. The molecule has 3 N–H and O–H groups in total. The smallest absolute Gasteiger partial charge is 0.180 e. The summed E-state index contributed by atoms with van der Waals surface area (Å²) in [6.07, 6.45) is 1.82. The van der Waals surface area contributed by atoms with Crippen LogP contribution in [0.1, 0.15) is 16.0 Å². The molecule has 1 aromatic carbocycles. The van der Waals surface area contributed by atoms with Gasteiger partial charge in [-0.15, -0.1) is 11.3 Å². The van der Waals surface area contributed by atoms with Crippen LogP contribution in [0.2, 0.25) is 0 Å². The van der Waals surface area contributed by atoms with Crippen molar-refractivity contribution in [3.05, 3.63) is 44.9 Å². The Morgan fingerprint density at radius 3 is 2.88 bits per heavy atom. The summed E-state index contributed by atoms with van der Waals surface area (Å²) in [4.78, 5) is 5.19. The van der Waals surface area contributed by atoms with Gasteiger partial charge in [-0.1, -0.05) is 22.0 Å². The number of nitrogen functional groups attached to an aromatic ring is 1. The first-order chi connectivity index (χ1) is 8.15. The lowest BCUT2D eigenvalue weighted by Crippen LogP contribution is -2.12. The molecule has 0 bridgehead atoms. The van der Waals surface area contributed by atoms with Gasteiger partial charge in [0, 0.05) is 28.6 Å². The second-order valence-electron chi connectivity index (χ2n) is 3.84. The lowest BCUT2D eigenvalue weighted by Gasteiger charge is -2.07. The largest absolute Gasteiger partial charge is 0.375 e. The summed E-state index contributed by atoms with van der Waals surface area (Å²) in [5.41, 5.74) is 8.18. The molecule has 1 heterocycles. The fourth-order valence-electron chi connectivity index (χ4n) is 1.58. The molecule has 2 aromatic rings. The van der Waals surface area contributed by atoms with Crippen LogP contribution in [0.4, 0.5) is 5.13 Å². The van der Waals surface area contributed by atoms with Crippen LogP contribution in [0.5, 0.6) is 0 Å². The van der Waals surface area contributed by atoms with Gasteiger partial charge in [-0.3, -0.25) is 0 Å². The Hall–Kier alpha value is -0.910. The first kappa shape index (κ1) is 12.5. The van der Waals surface area contributed by atoms with E-state index in [9.17, 15) is 0 Å². The summed E-state index contributed by atoms with van der Waals surface area (Å²) in [6, 6.07) is 6.32. The van der Waals surface area contributed by atoms with Crippen molar-refractivity contribution < 1.29 is 0 Å². The first-order valence-corrected chi connectivity index (χ1v) is 6.92. The normalized spacial score (nSPS) is 10.7. The molecule has 3 nitrogen and oxygen atoms in total. The maximum Gasteiger partial charge on any atom is 0.180 e. The van der Waals surface area contributed by atoms with E-state index in [0.29, 0.717) is 5.13 Å². The highest BCUT2D eigenvalue weighted by molar-refractivity contribution is 9.10. The minimum atomic E-state index is 0.627. The predicted octanol–water partition coefficient (Wildman–Crippen LogP) is 3.09. The number of halogens is 1. The van der Waals surface area contributed by atoms with Crippen molar-refractivity contribution in [1.29, 1.82) is 0 Å². The van der Waals surface area contributed by atoms with E-state index < -0.39 is 0 Å². The van der Waals surface area contributed by atoms with E-state index in [1.807, 2.05) is 6.20 Å². The Bertz CT molecular complexity index is 510.